The number of pyridine rings is 1. The molecule has 0 aliphatic carbocycles. The van der Waals surface area contributed by atoms with Crippen molar-refractivity contribution in [3.05, 3.63) is 42.7 Å². The molecule has 0 aliphatic rings. The van der Waals surface area contributed by atoms with Gasteiger partial charge in [0.1, 0.15) is 0 Å². The molecule has 0 amide bonds. The van der Waals surface area contributed by atoms with E-state index in [0.717, 1.165) is 5.92 Å². The van der Waals surface area contributed by atoms with Crippen molar-refractivity contribution < 1.29 is 0 Å². The van der Waals surface area contributed by atoms with Gasteiger partial charge in [-0.3, -0.25) is 4.98 Å². The van der Waals surface area contributed by atoms with Crippen LogP contribution in [0.15, 0.2) is 37.2 Å². The van der Waals surface area contributed by atoms with Crippen molar-refractivity contribution in [1.82, 2.24) is 4.98 Å². The van der Waals surface area contributed by atoms with Gasteiger partial charge in [0.15, 0.2) is 0 Å². The third-order valence-corrected chi connectivity index (χ3v) is 2.47. The van der Waals surface area contributed by atoms with Gasteiger partial charge in [-0.05, 0) is 30.0 Å². The van der Waals surface area contributed by atoms with Gasteiger partial charge in [0, 0.05) is 18.3 Å². The lowest BCUT2D eigenvalue weighted by atomic mass is 9.92. The Labute approximate surface area is 86.9 Å². The molecule has 0 saturated heterocycles. The summed E-state index contributed by atoms with van der Waals surface area (Å²) in [6.45, 7) is 8.41. The third kappa shape index (κ3) is 3.33. The van der Waals surface area contributed by atoms with Crippen molar-refractivity contribution in [1.29, 1.82) is 0 Å². The maximum atomic E-state index is 4.02. The average Bonchev–Trinajstić information content (AvgIpc) is 2.20. The summed E-state index contributed by atoms with van der Waals surface area (Å²) in [6.07, 6.45) is 8.17. The fraction of sp³-hybridized carbons (Fsp3) is 0.462. The number of allylic oxidation sites excluding steroid dienone is 1. The van der Waals surface area contributed by atoms with Crippen LogP contribution in [0.25, 0.3) is 0 Å². The standard InChI is InChI=1S/C13H19N/c1-4-12(6-5-11(2)3)13-7-9-14-10-8-13/h4,7-12H,1,5-6H2,2-3H3. The van der Waals surface area contributed by atoms with Gasteiger partial charge in [0.05, 0.1) is 0 Å². The summed E-state index contributed by atoms with van der Waals surface area (Å²) in [5.74, 6) is 1.25. The van der Waals surface area contributed by atoms with Crippen LogP contribution in [0.2, 0.25) is 0 Å². The summed E-state index contributed by atoms with van der Waals surface area (Å²) >= 11 is 0. The minimum atomic E-state index is 0.486. The van der Waals surface area contributed by atoms with Crippen LogP contribution in [0.4, 0.5) is 0 Å². The van der Waals surface area contributed by atoms with E-state index in [1.807, 2.05) is 18.5 Å². The van der Waals surface area contributed by atoms with Crippen LogP contribution in [0.5, 0.6) is 0 Å². The van der Waals surface area contributed by atoms with E-state index in [0.29, 0.717) is 5.92 Å². The lowest BCUT2D eigenvalue weighted by molar-refractivity contribution is 0.534. The van der Waals surface area contributed by atoms with Crippen LogP contribution in [0.3, 0.4) is 0 Å². The predicted octanol–water partition coefficient (Wildman–Crippen LogP) is 3.79. The van der Waals surface area contributed by atoms with Gasteiger partial charge in [-0.15, -0.1) is 6.58 Å². The average molecular weight is 189 g/mol. The van der Waals surface area contributed by atoms with E-state index < -0.39 is 0 Å². The Morgan fingerprint density at radius 1 is 1.29 bits per heavy atom. The van der Waals surface area contributed by atoms with Crippen LogP contribution < -0.4 is 0 Å². The number of aromatic nitrogens is 1. The highest BCUT2D eigenvalue weighted by atomic mass is 14.6. The van der Waals surface area contributed by atoms with Crippen molar-refractivity contribution in [2.24, 2.45) is 5.92 Å². The highest BCUT2D eigenvalue weighted by Crippen LogP contribution is 2.23. The Morgan fingerprint density at radius 3 is 2.43 bits per heavy atom. The minimum Gasteiger partial charge on any atom is -0.265 e. The Bertz CT molecular complexity index is 264. The highest BCUT2D eigenvalue weighted by Gasteiger charge is 2.07. The van der Waals surface area contributed by atoms with Gasteiger partial charge in [-0.2, -0.15) is 0 Å². The third-order valence-electron chi connectivity index (χ3n) is 2.47. The van der Waals surface area contributed by atoms with Crippen LogP contribution in [-0.2, 0) is 0 Å². The molecule has 1 atom stereocenters. The molecule has 76 valence electrons. The van der Waals surface area contributed by atoms with Crippen molar-refractivity contribution in [2.75, 3.05) is 0 Å². The molecule has 0 saturated carbocycles. The number of hydrogen-bond donors (Lipinski definition) is 0. The van der Waals surface area contributed by atoms with E-state index in [1.165, 1.54) is 18.4 Å². The Kier molecular flexibility index (Phi) is 4.37. The zero-order valence-corrected chi connectivity index (χ0v) is 9.11. The molecule has 1 aromatic heterocycles. The summed E-state index contributed by atoms with van der Waals surface area (Å²) in [7, 11) is 0. The normalized spacial score (nSPS) is 12.8. The molecular formula is C13H19N. The van der Waals surface area contributed by atoms with Crippen LogP contribution in [0, 0.1) is 5.92 Å². The van der Waals surface area contributed by atoms with Gasteiger partial charge < -0.3 is 0 Å². The SMILES string of the molecule is C=CC(CCC(C)C)c1ccncc1. The fourth-order valence-corrected chi connectivity index (χ4v) is 1.54. The van der Waals surface area contributed by atoms with E-state index in [2.05, 4.69) is 37.5 Å². The molecular weight excluding hydrogens is 170 g/mol. The van der Waals surface area contributed by atoms with Gasteiger partial charge in [-0.25, -0.2) is 0 Å². The van der Waals surface area contributed by atoms with Gasteiger partial charge in [-0.1, -0.05) is 26.3 Å². The number of hydrogen-bond acceptors (Lipinski definition) is 1. The minimum absolute atomic E-state index is 0.486. The van der Waals surface area contributed by atoms with Crippen molar-refractivity contribution in [3.8, 4) is 0 Å². The fourth-order valence-electron chi connectivity index (χ4n) is 1.54. The summed E-state index contributed by atoms with van der Waals surface area (Å²) in [4.78, 5) is 4.02. The monoisotopic (exact) mass is 189 g/mol. The molecule has 0 N–H and O–H groups in total. The Balaban J connectivity index is 2.59. The molecule has 0 bridgehead atoms. The molecule has 0 spiro atoms. The summed E-state index contributed by atoms with van der Waals surface area (Å²) in [6, 6.07) is 4.15. The number of rotatable bonds is 5. The van der Waals surface area contributed by atoms with Crippen LogP contribution in [0.1, 0.15) is 38.2 Å². The van der Waals surface area contributed by atoms with E-state index in [1.54, 1.807) is 0 Å². The summed E-state index contributed by atoms with van der Waals surface area (Å²) in [5, 5.41) is 0. The zero-order valence-electron chi connectivity index (χ0n) is 9.11. The Hall–Kier alpha value is -1.11. The smallest absolute Gasteiger partial charge is 0.0270 e. The van der Waals surface area contributed by atoms with Crippen LogP contribution in [-0.4, -0.2) is 4.98 Å². The molecule has 1 heterocycles. The van der Waals surface area contributed by atoms with E-state index in [4.69, 9.17) is 0 Å². The van der Waals surface area contributed by atoms with E-state index in [-0.39, 0.29) is 0 Å². The molecule has 0 radical (unpaired) electrons. The van der Waals surface area contributed by atoms with Gasteiger partial charge in [0.25, 0.3) is 0 Å². The number of nitrogens with zero attached hydrogens (tertiary/aromatic N) is 1. The lowest BCUT2D eigenvalue weighted by Crippen LogP contribution is -1.98. The topological polar surface area (TPSA) is 12.9 Å². The van der Waals surface area contributed by atoms with Crippen LogP contribution >= 0.6 is 0 Å². The first-order chi connectivity index (χ1) is 6.74. The first-order valence-electron chi connectivity index (χ1n) is 5.26. The van der Waals surface area contributed by atoms with Gasteiger partial charge >= 0.3 is 0 Å². The second-order valence-corrected chi connectivity index (χ2v) is 4.09. The highest BCUT2D eigenvalue weighted by molar-refractivity contribution is 5.19. The second-order valence-electron chi connectivity index (χ2n) is 4.09. The summed E-state index contributed by atoms with van der Waals surface area (Å²) < 4.78 is 0. The molecule has 1 unspecified atom stereocenters. The van der Waals surface area contributed by atoms with Crippen molar-refractivity contribution in [2.45, 2.75) is 32.6 Å². The molecule has 0 aliphatic heterocycles. The summed E-state index contributed by atoms with van der Waals surface area (Å²) in [5.41, 5.74) is 1.33. The molecule has 0 aromatic carbocycles. The molecule has 1 nitrogen and oxygen atoms in total. The first-order valence-corrected chi connectivity index (χ1v) is 5.26. The van der Waals surface area contributed by atoms with E-state index in [9.17, 15) is 0 Å². The molecule has 1 aromatic rings. The van der Waals surface area contributed by atoms with Crippen molar-refractivity contribution >= 4 is 0 Å². The molecule has 14 heavy (non-hydrogen) atoms. The van der Waals surface area contributed by atoms with E-state index >= 15 is 0 Å². The molecule has 1 heteroatoms. The molecule has 1 rings (SSSR count). The predicted molar refractivity (Wildman–Crippen MR) is 61.2 cm³/mol. The maximum absolute atomic E-state index is 4.02. The maximum Gasteiger partial charge on any atom is 0.0270 e. The quantitative estimate of drug-likeness (QED) is 0.642. The largest absolute Gasteiger partial charge is 0.265 e. The lowest BCUT2D eigenvalue weighted by Gasteiger charge is -2.13. The molecule has 0 fully saturated rings. The Morgan fingerprint density at radius 2 is 1.93 bits per heavy atom. The zero-order chi connectivity index (χ0) is 10.4. The van der Waals surface area contributed by atoms with Gasteiger partial charge in [0.2, 0.25) is 0 Å². The second kappa shape index (κ2) is 5.58. The first kappa shape index (κ1) is 11.0. The van der Waals surface area contributed by atoms with Crippen molar-refractivity contribution in [3.63, 3.8) is 0 Å².